The molecule has 2 aromatic carbocycles. The first-order valence-corrected chi connectivity index (χ1v) is 9.57. The molecule has 5 rings (SSSR count). The van der Waals surface area contributed by atoms with Crippen LogP contribution in [0.15, 0.2) is 42.5 Å². The Morgan fingerprint density at radius 1 is 1.28 bits per heavy atom. The predicted octanol–water partition coefficient (Wildman–Crippen LogP) is 2.15. The summed E-state index contributed by atoms with van der Waals surface area (Å²) in [4.78, 5) is 23.9. The van der Waals surface area contributed by atoms with Crippen LogP contribution in [0.3, 0.4) is 0 Å². The number of anilines is 2. The van der Waals surface area contributed by atoms with E-state index >= 15 is 0 Å². The van der Waals surface area contributed by atoms with Gasteiger partial charge in [0.15, 0.2) is 0 Å². The number of rotatable bonds is 4. The van der Waals surface area contributed by atoms with E-state index in [9.17, 15) is 9.90 Å². The van der Waals surface area contributed by atoms with Gasteiger partial charge in [0.25, 0.3) is 5.91 Å². The maximum absolute atomic E-state index is 13.0. The van der Waals surface area contributed by atoms with Gasteiger partial charge in [-0.3, -0.25) is 4.79 Å². The molecular formula is C21H21N5O3. The minimum absolute atomic E-state index is 0.0838. The van der Waals surface area contributed by atoms with Gasteiger partial charge in [0.05, 0.1) is 12.8 Å². The molecule has 3 aromatic rings. The molecule has 1 aromatic heterocycles. The normalized spacial score (nSPS) is 20.2. The van der Waals surface area contributed by atoms with E-state index in [-0.39, 0.29) is 23.4 Å². The van der Waals surface area contributed by atoms with Gasteiger partial charge in [-0.15, -0.1) is 0 Å². The number of amides is 1. The zero-order valence-electron chi connectivity index (χ0n) is 15.9. The standard InChI is InChI=1S/C21H21N5O3/c1-29-21-24-18(9-19(25-21)26-11-13-7-14(26)10-22-13)20(28)23-17-8-15(27)6-12-4-2-3-5-16(12)17/h2-6,8-9,13-14,22,27H,7,10-11H2,1H3,(H,23,28). The summed E-state index contributed by atoms with van der Waals surface area (Å²) in [5, 5.41) is 18.0. The average molecular weight is 391 g/mol. The van der Waals surface area contributed by atoms with Gasteiger partial charge >= 0.3 is 6.01 Å². The lowest BCUT2D eigenvalue weighted by Crippen LogP contribution is -2.44. The summed E-state index contributed by atoms with van der Waals surface area (Å²) in [6, 6.07) is 13.4. The lowest BCUT2D eigenvalue weighted by Gasteiger charge is -2.28. The number of fused-ring (bicyclic) bond motifs is 3. The highest BCUT2D eigenvalue weighted by Crippen LogP contribution is 2.31. The van der Waals surface area contributed by atoms with E-state index in [1.807, 2.05) is 24.3 Å². The molecular weight excluding hydrogens is 370 g/mol. The molecule has 0 spiro atoms. The van der Waals surface area contributed by atoms with Gasteiger partial charge in [-0.1, -0.05) is 24.3 Å². The average Bonchev–Trinajstić information content (AvgIpc) is 3.37. The highest BCUT2D eigenvalue weighted by Gasteiger charge is 2.38. The predicted molar refractivity (Wildman–Crippen MR) is 110 cm³/mol. The summed E-state index contributed by atoms with van der Waals surface area (Å²) in [7, 11) is 1.49. The van der Waals surface area contributed by atoms with Crippen molar-refractivity contribution in [3.05, 3.63) is 48.2 Å². The summed E-state index contributed by atoms with van der Waals surface area (Å²) >= 11 is 0. The molecule has 148 valence electrons. The van der Waals surface area contributed by atoms with E-state index in [1.165, 1.54) is 13.2 Å². The second-order valence-electron chi connectivity index (χ2n) is 7.41. The van der Waals surface area contributed by atoms with Gasteiger partial charge < -0.3 is 25.4 Å². The van der Waals surface area contributed by atoms with Crippen molar-refractivity contribution in [3.63, 3.8) is 0 Å². The zero-order chi connectivity index (χ0) is 20.0. The second kappa shape index (κ2) is 6.89. The number of phenols is 1. The summed E-state index contributed by atoms with van der Waals surface area (Å²) in [5.74, 6) is 0.391. The van der Waals surface area contributed by atoms with Crippen molar-refractivity contribution in [2.75, 3.05) is 30.4 Å². The number of carbonyl (C=O) groups is 1. The number of benzene rings is 2. The molecule has 2 aliphatic rings. The number of hydrogen-bond acceptors (Lipinski definition) is 7. The first-order chi connectivity index (χ1) is 14.1. The lowest BCUT2D eigenvalue weighted by atomic mass is 10.1. The number of aromatic nitrogens is 2. The second-order valence-corrected chi connectivity index (χ2v) is 7.41. The number of piperazine rings is 1. The van der Waals surface area contributed by atoms with Crippen molar-refractivity contribution in [2.24, 2.45) is 0 Å². The van der Waals surface area contributed by atoms with E-state index in [0.29, 0.717) is 23.6 Å². The van der Waals surface area contributed by atoms with Crippen LogP contribution in [-0.2, 0) is 0 Å². The Morgan fingerprint density at radius 2 is 2.14 bits per heavy atom. The van der Waals surface area contributed by atoms with Crippen LogP contribution in [0.5, 0.6) is 11.8 Å². The van der Waals surface area contributed by atoms with Crippen molar-refractivity contribution in [1.29, 1.82) is 0 Å². The Morgan fingerprint density at radius 3 is 2.90 bits per heavy atom. The molecule has 0 saturated carbocycles. The van der Waals surface area contributed by atoms with Crippen LogP contribution in [0.2, 0.25) is 0 Å². The Labute approximate surface area is 167 Å². The van der Waals surface area contributed by atoms with E-state index in [4.69, 9.17) is 4.74 Å². The number of hydrogen-bond donors (Lipinski definition) is 3. The molecule has 2 fully saturated rings. The van der Waals surface area contributed by atoms with Crippen molar-refractivity contribution in [2.45, 2.75) is 18.5 Å². The minimum Gasteiger partial charge on any atom is -0.508 e. The van der Waals surface area contributed by atoms with Crippen molar-refractivity contribution in [3.8, 4) is 11.8 Å². The summed E-state index contributed by atoms with van der Waals surface area (Å²) in [6.07, 6.45) is 1.07. The third-order valence-corrected chi connectivity index (χ3v) is 5.55. The highest BCUT2D eigenvalue weighted by atomic mass is 16.5. The Bertz CT molecular complexity index is 1100. The van der Waals surface area contributed by atoms with E-state index in [0.717, 1.165) is 30.3 Å². The van der Waals surface area contributed by atoms with E-state index in [2.05, 4.69) is 25.5 Å². The number of phenolic OH excluding ortho intramolecular Hbond substituents is 1. The third-order valence-electron chi connectivity index (χ3n) is 5.55. The Hall–Kier alpha value is -3.39. The maximum atomic E-state index is 13.0. The van der Waals surface area contributed by atoms with E-state index < -0.39 is 0 Å². The molecule has 8 nitrogen and oxygen atoms in total. The number of methoxy groups -OCH3 is 1. The molecule has 3 heterocycles. The first kappa shape index (κ1) is 17.7. The summed E-state index contributed by atoms with van der Waals surface area (Å²) in [6.45, 7) is 1.76. The van der Waals surface area contributed by atoms with Crippen LogP contribution < -0.4 is 20.3 Å². The number of nitrogens with zero attached hydrogens (tertiary/aromatic N) is 3. The Kier molecular flexibility index (Phi) is 4.21. The summed E-state index contributed by atoms with van der Waals surface area (Å²) in [5.41, 5.74) is 0.740. The van der Waals surface area contributed by atoms with Crippen molar-refractivity contribution >= 4 is 28.2 Å². The van der Waals surface area contributed by atoms with Gasteiger partial charge in [-0.25, -0.2) is 0 Å². The molecule has 3 N–H and O–H groups in total. The minimum atomic E-state index is -0.384. The largest absolute Gasteiger partial charge is 0.508 e. The monoisotopic (exact) mass is 391 g/mol. The fourth-order valence-corrected chi connectivity index (χ4v) is 4.19. The van der Waals surface area contributed by atoms with Crippen LogP contribution in [0.1, 0.15) is 16.9 Å². The van der Waals surface area contributed by atoms with Crippen LogP contribution in [0.4, 0.5) is 11.5 Å². The van der Waals surface area contributed by atoms with Crippen molar-refractivity contribution in [1.82, 2.24) is 15.3 Å². The van der Waals surface area contributed by atoms with Gasteiger partial charge in [0, 0.05) is 42.7 Å². The molecule has 2 saturated heterocycles. The molecule has 29 heavy (non-hydrogen) atoms. The van der Waals surface area contributed by atoms with Gasteiger partial charge in [-0.05, 0) is 17.9 Å². The Balaban J connectivity index is 1.48. The third kappa shape index (κ3) is 3.21. The molecule has 2 bridgehead atoms. The van der Waals surface area contributed by atoms with Crippen LogP contribution in [0.25, 0.3) is 10.8 Å². The lowest BCUT2D eigenvalue weighted by molar-refractivity contribution is 0.102. The van der Waals surface area contributed by atoms with E-state index in [1.54, 1.807) is 12.1 Å². The van der Waals surface area contributed by atoms with Gasteiger partial charge in [0.1, 0.15) is 17.3 Å². The SMILES string of the molecule is COc1nc(C(=O)Nc2cc(O)cc3ccccc23)cc(N2CC3CC2CN3)n1. The molecule has 8 heteroatoms. The molecule has 0 aliphatic carbocycles. The highest BCUT2D eigenvalue weighted by molar-refractivity contribution is 6.09. The van der Waals surface area contributed by atoms with Crippen LogP contribution in [-0.4, -0.2) is 53.3 Å². The molecule has 2 aliphatic heterocycles. The first-order valence-electron chi connectivity index (χ1n) is 9.57. The van der Waals surface area contributed by atoms with Gasteiger partial charge in [-0.2, -0.15) is 9.97 Å². The summed E-state index contributed by atoms with van der Waals surface area (Å²) < 4.78 is 5.24. The molecule has 1 amide bonds. The number of aromatic hydroxyl groups is 1. The topological polar surface area (TPSA) is 99.6 Å². The molecule has 2 unspecified atom stereocenters. The fraction of sp³-hybridized carbons (Fsp3) is 0.286. The molecule has 0 radical (unpaired) electrons. The molecule has 2 atom stereocenters. The maximum Gasteiger partial charge on any atom is 0.318 e. The number of carbonyl (C=O) groups excluding carboxylic acids is 1. The van der Waals surface area contributed by atoms with Crippen LogP contribution >= 0.6 is 0 Å². The fourth-order valence-electron chi connectivity index (χ4n) is 4.19. The van der Waals surface area contributed by atoms with Crippen molar-refractivity contribution < 1.29 is 14.6 Å². The number of ether oxygens (including phenoxy) is 1. The van der Waals surface area contributed by atoms with Gasteiger partial charge in [0.2, 0.25) is 0 Å². The quantitative estimate of drug-likeness (QED) is 0.627. The zero-order valence-corrected chi connectivity index (χ0v) is 15.9. The van der Waals surface area contributed by atoms with Crippen LogP contribution in [0, 0.1) is 0 Å². The smallest absolute Gasteiger partial charge is 0.318 e. The number of nitrogens with one attached hydrogen (secondary N) is 2.